The largest absolute Gasteiger partial charge is 0.373 e. The van der Waals surface area contributed by atoms with Gasteiger partial charge in [-0.05, 0) is 32.2 Å². The smallest absolute Gasteiger partial charge is 0.0740 e. The van der Waals surface area contributed by atoms with Crippen LogP contribution in [-0.4, -0.2) is 25.3 Å². The van der Waals surface area contributed by atoms with Crippen LogP contribution in [0.4, 0.5) is 0 Å². The van der Waals surface area contributed by atoms with Crippen molar-refractivity contribution in [3.8, 4) is 0 Å². The first-order chi connectivity index (χ1) is 6.58. The van der Waals surface area contributed by atoms with Gasteiger partial charge in [-0.3, -0.25) is 0 Å². The Bertz CT molecular complexity index is 189. The molecule has 1 rings (SSSR count). The van der Waals surface area contributed by atoms with Gasteiger partial charge < -0.3 is 10.1 Å². The summed E-state index contributed by atoms with van der Waals surface area (Å²) in [7, 11) is 0. The molecule has 2 nitrogen and oxygen atoms in total. The van der Waals surface area contributed by atoms with Crippen LogP contribution in [0.2, 0.25) is 0 Å². The zero-order chi connectivity index (χ0) is 10.6. The molecule has 1 aliphatic heterocycles. The van der Waals surface area contributed by atoms with E-state index in [0.29, 0.717) is 18.1 Å². The molecule has 1 aliphatic rings. The Kier molecular flexibility index (Phi) is 4.63. The summed E-state index contributed by atoms with van der Waals surface area (Å²) in [6.07, 6.45) is 2.74. The van der Waals surface area contributed by atoms with Crippen molar-refractivity contribution in [3.63, 3.8) is 0 Å². The molecule has 1 N–H and O–H groups in total. The van der Waals surface area contributed by atoms with Gasteiger partial charge in [-0.1, -0.05) is 26.0 Å². The fourth-order valence-corrected chi connectivity index (χ4v) is 1.89. The van der Waals surface area contributed by atoms with Gasteiger partial charge in [0.1, 0.15) is 0 Å². The van der Waals surface area contributed by atoms with E-state index in [0.717, 1.165) is 25.9 Å². The molecular formula is C12H23NO. The van der Waals surface area contributed by atoms with Crippen molar-refractivity contribution in [1.82, 2.24) is 5.32 Å². The van der Waals surface area contributed by atoms with Crippen LogP contribution in [0.15, 0.2) is 12.2 Å². The molecule has 82 valence electrons. The van der Waals surface area contributed by atoms with Crippen LogP contribution in [-0.2, 0) is 4.74 Å². The average Bonchev–Trinajstić information content (AvgIpc) is 2.01. The summed E-state index contributed by atoms with van der Waals surface area (Å²) < 4.78 is 5.82. The Morgan fingerprint density at radius 3 is 2.79 bits per heavy atom. The van der Waals surface area contributed by atoms with Crippen molar-refractivity contribution in [2.24, 2.45) is 5.92 Å². The first kappa shape index (κ1) is 11.7. The Hall–Kier alpha value is -0.340. The second-order valence-electron chi connectivity index (χ2n) is 4.78. The van der Waals surface area contributed by atoms with Crippen LogP contribution in [0, 0.1) is 5.92 Å². The molecule has 0 bridgehead atoms. The Morgan fingerprint density at radius 2 is 2.21 bits per heavy atom. The van der Waals surface area contributed by atoms with Crippen LogP contribution < -0.4 is 5.32 Å². The number of nitrogens with one attached hydrogen (secondary N) is 1. The maximum atomic E-state index is 5.82. The van der Waals surface area contributed by atoms with Crippen molar-refractivity contribution < 1.29 is 4.74 Å². The lowest BCUT2D eigenvalue weighted by atomic mass is 10.00. The minimum Gasteiger partial charge on any atom is -0.373 e. The fraction of sp³-hybridized carbons (Fsp3) is 0.833. The van der Waals surface area contributed by atoms with Gasteiger partial charge in [0.2, 0.25) is 0 Å². The SMILES string of the molecule is C=C1CC(C)OC(CNCC(C)C)C1. The lowest BCUT2D eigenvalue weighted by Crippen LogP contribution is -2.36. The molecule has 0 aromatic carbocycles. The predicted molar refractivity (Wildman–Crippen MR) is 60.4 cm³/mol. The normalized spacial score (nSPS) is 28.4. The van der Waals surface area contributed by atoms with Crippen molar-refractivity contribution in [2.45, 2.75) is 45.8 Å². The van der Waals surface area contributed by atoms with Crippen molar-refractivity contribution in [1.29, 1.82) is 0 Å². The van der Waals surface area contributed by atoms with Crippen LogP contribution in [0.3, 0.4) is 0 Å². The van der Waals surface area contributed by atoms with Crippen molar-refractivity contribution >= 4 is 0 Å². The van der Waals surface area contributed by atoms with E-state index in [1.807, 2.05) is 0 Å². The number of hydrogen-bond acceptors (Lipinski definition) is 2. The maximum absolute atomic E-state index is 5.82. The Balaban J connectivity index is 2.20. The van der Waals surface area contributed by atoms with Gasteiger partial charge in [-0.25, -0.2) is 0 Å². The highest BCUT2D eigenvalue weighted by molar-refractivity contribution is 5.01. The molecule has 14 heavy (non-hydrogen) atoms. The van der Waals surface area contributed by atoms with Gasteiger partial charge in [0.25, 0.3) is 0 Å². The van der Waals surface area contributed by atoms with Crippen LogP contribution in [0.5, 0.6) is 0 Å². The summed E-state index contributed by atoms with van der Waals surface area (Å²) in [5.41, 5.74) is 1.33. The summed E-state index contributed by atoms with van der Waals surface area (Å²) in [4.78, 5) is 0. The van der Waals surface area contributed by atoms with E-state index >= 15 is 0 Å². The number of hydrogen-bond donors (Lipinski definition) is 1. The maximum Gasteiger partial charge on any atom is 0.0740 e. The van der Waals surface area contributed by atoms with Crippen LogP contribution in [0.1, 0.15) is 33.6 Å². The molecular weight excluding hydrogens is 174 g/mol. The van der Waals surface area contributed by atoms with E-state index in [2.05, 4.69) is 32.7 Å². The van der Waals surface area contributed by atoms with E-state index in [1.165, 1.54) is 5.57 Å². The second kappa shape index (κ2) is 5.52. The molecule has 1 heterocycles. The fourth-order valence-electron chi connectivity index (χ4n) is 1.89. The van der Waals surface area contributed by atoms with Crippen LogP contribution >= 0.6 is 0 Å². The molecule has 2 atom stereocenters. The third-order valence-electron chi connectivity index (χ3n) is 2.44. The highest BCUT2D eigenvalue weighted by atomic mass is 16.5. The molecule has 0 aromatic rings. The number of ether oxygens (including phenoxy) is 1. The molecule has 0 spiro atoms. The predicted octanol–water partition coefficient (Wildman–Crippen LogP) is 2.36. The summed E-state index contributed by atoms with van der Waals surface area (Å²) in [5, 5.41) is 3.43. The molecule has 0 aromatic heterocycles. The highest BCUT2D eigenvalue weighted by Crippen LogP contribution is 2.22. The monoisotopic (exact) mass is 197 g/mol. The molecule has 2 unspecified atom stereocenters. The van der Waals surface area contributed by atoms with Gasteiger partial charge in [-0.2, -0.15) is 0 Å². The van der Waals surface area contributed by atoms with E-state index in [1.54, 1.807) is 0 Å². The van der Waals surface area contributed by atoms with Gasteiger partial charge in [0.15, 0.2) is 0 Å². The molecule has 0 amide bonds. The second-order valence-corrected chi connectivity index (χ2v) is 4.78. The van der Waals surface area contributed by atoms with E-state index in [9.17, 15) is 0 Å². The van der Waals surface area contributed by atoms with Crippen molar-refractivity contribution in [3.05, 3.63) is 12.2 Å². The Morgan fingerprint density at radius 1 is 1.50 bits per heavy atom. The zero-order valence-electron chi connectivity index (χ0n) is 9.68. The van der Waals surface area contributed by atoms with E-state index in [4.69, 9.17) is 4.74 Å². The lowest BCUT2D eigenvalue weighted by Gasteiger charge is -2.29. The number of rotatable bonds is 4. The van der Waals surface area contributed by atoms with Gasteiger partial charge in [0, 0.05) is 6.54 Å². The van der Waals surface area contributed by atoms with E-state index < -0.39 is 0 Å². The summed E-state index contributed by atoms with van der Waals surface area (Å²) in [5.74, 6) is 0.708. The topological polar surface area (TPSA) is 21.3 Å². The molecule has 2 heteroatoms. The quantitative estimate of drug-likeness (QED) is 0.699. The standard InChI is InChI=1S/C12H23NO/c1-9(2)7-13-8-12-6-10(3)5-11(4)14-12/h9,11-13H,3,5-8H2,1-2,4H3. The first-order valence-electron chi connectivity index (χ1n) is 5.60. The van der Waals surface area contributed by atoms with E-state index in [-0.39, 0.29) is 0 Å². The summed E-state index contributed by atoms with van der Waals surface area (Å²) in [6, 6.07) is 0. The van der Waals surface area contributed by atoms with Gasteiger partial charge in [-0.15, -0.1) is 0 Å². The minimum absolute atomic E-state index is 0.338. The minimum atomic E-state index is 0.338. The van der Waals surface area contributed by atoms with Gasteiger partial charge >= 0.3 is 0 Å². The lowest BCUT2D eigenvalue weighted by molar-refractivity contribution is -0.0197. The molecule has 0 saturated carbocycles. The highest BCUT2D eigenvalue weighted by Gasteiger charge is 2.20. The van der Waals surface area contributed by atoms with Crippen LogP contribution in [0.25, 0.3) is 0 Å². The Labute approximate surface area is 87.7 Å². The average molecular weight is 197 g/mol. The third-order valence-corrected chi connectivity index (χ3v) is 2.44. The van der Waals surface area contributed by atoms with Crippen molar-refractivity contribution in [2.75, 3.05) is 13.1 Å². The molecule has 1 saturated heterocycles. The zero-order valence-corrected chi connectivity index (χ0v) is 9.68. The summed E-state index contributed by atoms with van der Waals surface area (Å²) >= 11 is 0. The van der Waals surface area contributed by atoms with Gasteiger partial charge in [0.05, 0.1) is 12.2 Å². The molecule has 1 fully saturated rings. The summed E-state index contributed by atoms with van der Waals surface area (Å²) in [6.45, 7) is 12.6. The third kappa shape index (κ3) is 4.25. The first-order valence-corrected chi connectivity index (χ1v) is 5.60. The molecule has 0 aliphatic carbocycles. The molecule has 0 radical (unpaired) electrons.